The van der Waals surface area contributed by atoms with E-state index in [1.54, 1.807) is 0 Å². The topological polar surface area (TPSA) is 18.5 Å². The van der Waals surface area contributed by atoms with Crippen molar-refractivity contribution in [3.8, 4) is 11.5 Å². The summed E-state index contributed by atoms with van der Waals surface area (Å²) in [5, 5.41) is 0. The molecule has 0 aliphatic carbocycles. The Labute approximate surface area is 85.5 Å². The van der Waals surface area contributed by atoms with Gasteiger partial charge in [-0.2, -0.15) is 18.6 Å². The Kier molecular flexibility index (Phi) is 3.70. The Morgan fingerprint density at radius 2 is 1.92 bits per heavy atom. The normalized spacial score (nSPS) is 11.9. The molecule has 1 aliphatic rings. The minimum absolute atomic E-state index is 0.332. The molecule has 2 rings (SSSR count). The third kappa shape index (κ3) is 2.05. The number of hydrogen-bond acceptors (Lipinski definition) is 2. The van der Waals surface area contributed by atoms with Crippen molar-refractivity contribution in [2.24, 2.45) is 0 Å². The van der Waals surface area contributed by atoms with Crippen LogP contribution in [-0.4, -0.2) is 6.79 Å². The Morgan fingerprint density at radius 1 is 1.25 bits per heavy atom. The summed E-state index contributed by atoms with van der Waals surface area (Å²) in [7, 11) is 4.76. The van der Waals surface area contributed by atoms with Crippen LogP contribution >= 0.6 is 9.69 Å². The van der Waals surface area contributed by atoms with Crippen molar-refractivity contribution in [3.05, 3.63) is 30.7 Å². The molecule has 4 heteroatoms. The molecule has 0 unspecified atom stereocenters. The Morgan fingerprint density at radius 3 is 2.67 bits per heavy atom. The fraction of sp³-hybridized carbons (Fsp3) is 0.125. The van der Waals surface area contributed by atoms with Gasteiger partial charge in [-0.3, -0.25) is 0 Å². The number of ether oxygens (including phenoxy) is 2. The maximum atomic E-state index is 5.12. The predicted molar refractivity (Wildman–Crippen MR) is 42.9 cm³/mol. The number of benzene rings is 1. The second-order valence-electron chi connectivity index (χ2n) is 2.19. The molecule has 0 spiro atoms. The zero-order valence-corrected chi connectivity index (χ0v) is 10.3. The molecule has 0 fully saturated rings. The molecule has 0 saturated carbocycles. The van der Waals surface area contributed by atoms with Gasteiger partial charge in [0.25, 0.3) is 0 Å². The van der Waals surface area contributed by atoms with Gasteiger partial charge in [0.15, 0.2) is 0 Å². The van der Waals surface area contributed by atoms with Crippen LogP contribution in [0.4, 0.5) is 0 Å². The monoisotopic (exact) mass is 234 g/mol. The third-order valence-electron chi connectivity index (χ3n) is 1.44. The van der Waals surface area contributed by atoms with Crippen LogP contribution in [0.3, 0.4) is 0 Å². The van der Waals surface area contributed by atoms with Crippen LogP contribution in [0.5, 0.6) is 11.5 Å². The van der Waals surface area contributed by atoms with E-state index in [1.807, 2.05) is 18.2 Å². The summed E-state index contributed by atoms with van der Waals surface area (Å²) < 4.78 is 10.2. The first-order valence-electron chi connectivity index (χ1n) is 3.34. The van der Waals surface area contributed by atoms with E-state index in [0.717, 1.165) is 34.4 Å². The summed E-state index contributed by atoms with van der Waals surface area (Å²) in [6.07, 6.45) is 0. The Bertz CT molecular complexity index is 265. The molecule has 0 amide bonds. The van der Waals surface area contributed by atoms with E-state index < -0.39 is 0 Å². The molecule has 1 aromatic carbocycles. The summed E-state index contributed by atoms with van der Waals surface area (Å²) in [5.74, 6) is 1.61. The van der Waals surface area contributed by atoms with Crippen molar-refractivity contribution in [3.63, 3.8) is 0 Å². The zero-order valence-electron chi connectivity index (χ0n) is 6.55. The first kappa shape index (κ1) is 9.69. The van der Waals surface area contributed by atoms with Crippen LogP contribution in [0.15, 0.2) is 18.2 Å². The van der Waals surface area contributed by atoms with Gasteiger partial charge in [0.1, 0.15) is 11.5 Å². The van der Waals surface area contributed by atoms with Crippen LogP contribution in [0.1, 0.15) is 5.56 Å². The second kappa shape index (κ2) is 4.59. The van der Waals surface area contributed by atoms with Gasteiger partial charge in [-0.05, 0) is 0 Å². The van der Waals surface area contributed by atoms with E-state index in [-0.39, 0.29) is 0 Å². The van der Waals surface area contributed by atoms with Gasteiger partial charge in [-0.1, -0.05) is 6.07 Å². The third-order valence-corrected chi connectivity index (χ3v) is 1.44. The van der Waals surface area contributed by atoms with E-state index in [1.165, 1.54) is 0 Å². The molecule has 0 saturated heterocycles. The van der Waals surface area contributed by atoms with Crippen LogP contribution in [-0.2, 0) is 17.3 Å². The molecular formula is C8H7ClO2Zn. The second-order valence-corrected chi connectivity index (χ2v) is 2.19. The first-order chi connectivity index (χ1) is 5.86. The molecule has 0 bridgehead atoms. The summed E-state index contributed by atoms with van der Waals surface area (Å²) >= 11 is 0.847. The predicted octanol–water partition coefficient (Wildman–Crippen LogP) is 2.28. The number of halogens is 1. The average Bonchev–Trinajstić information content (AvgIpc) is 2.54. The van der Waals surface area contributed by atoms with Gasteiger partial charge in [0.05, 0.1) is 0 Å². The van der Waals surface area contributed by atoms with Gasteiger partial charge < -0.3 is 9.47 Å². The standard InChI is InChI=1S/C8H7O2.ClH.Zn/c1-6-2-3-7-8(4-6)10-5-9-7;;/h2-4H,1,5H2;1H;/q-1;;+2/p-1. The molecule has 1 aromatic rings. The fourth-order valence-electron chi connectivity index (χ4n) is 0.941. The van der Waals surface area contributed by atoms with Crippen molar-refractivity contribution in [2.75, 3.05) is 6.79 Å². The van der Waals surface area contributed by atoms with Crippen molar-refractivity contribution in [1.82, 2.24) is 0 Å². The fourth-order valence-corrected chi connectivity index (χ4v) is 0.941. The van der Waals surface area contributed by atoms with E-state index in [0.29, 0.717) is 6.79 Å². The first-order valence-corrected chi connectivity index (χ1v) is 7.24. The van der Waals surface area contributed by atoms with Gasteiger partial charge >= 0.3 is 27.0 Å². The van der Waals surface area contributed by atoms with E-state index in [4.69, 9.17) is 19.2 Å². The number of fused-ring (bicyclic) bond motifs is 1. The van der Waals surface area contributed by atoms with Crippen LogP contribution in [0.2, 0.25) is 0 Å². The summed E-state index contributed by atoms with van der Waals surface area (Å²) in [5.41, 5.74) is 0.948. The molecule has 0 aromatic heterocycles. The van der Waals surface area contributed by atoms with Crippen molar-refractivity contribution < 1.29 is 26.8 Å². The number of hydrogen-bond donors (Lipinski definition) is 0. The Balaban J connectivity index is 0.000000336. The molecule has 12 heavy (non-hydrogen) atoms. The molecule has 2 nitrogen and oxygen atoms in total. The van der Waals surface area contributed by atoms with Gasteiger partial charge in [0, 0.05) is 0 Å². The molecular weight excluding hydrogens is 229 g/mol. The summed E-state index contributed by atoms with van der Waals surface area (Å²) in [6, 6.07) is 5.63. The van der Waals surface area contributed by atoms with Gasteiger partial charge in [-0.15, -0.1) is 6.07 Å². The van der Waals surface area contributed by atoms with Gasteiger partial charge in [-0.25, -0.2) is 0 Å². The van der Waals surface area contributed by atoms with E-state index in [2.05, 4.69) is 6.92 Å². The summed E-state index contributed by atoms with van der Waals surface area (Å²) in [4.78, 5) is 0. The summed E-state index contributed by atoms with van der Waals surface area (Å²) in [6.45, 7) is 4.09. The van der Waals surface area contributed by atoms with E-state index in [9.17, 15) is 0 Å². The molecule has 0 radical (unpaired) electrons. The molecule has 0 atom stereocenters. The molecule has 0 N–H and O–H groups in total. The molecule has 60 valence electrons. The van der Waals surface area contributed by atoms with E-state index >= 15 is 0 Å². The minimum atomic E-state index is 0.332. The number of rotatable bonds is 0. The Hall–Kier alpha value is -0.397. The van der Waals surface area contributed by atoms with Crippen LogP contribution in [0, 0.1) is 6.92 Å². The maximum absolute atomic E-state index is 5.12. The SMILES string of the molecule is [CH2-]c1ccc2c(c1)OCO2.[Cl][Zn+]. The zero-order chi connectivity index (χ0) is 8.97. The van der Waals surface area contributed by atoms with Gasteiger partial charge in [0.2, 0.25) is 6.79 Å². The van der Waals surface area contributed by atoms with Crippen molar-refractivity contribution in [1.29, 1.82) is 0 Å². The van der Waals surface area contributed by atoms with Crippen molar-refractivity contribution >= 4 is 9.69 Å². The molecule has 1 heterocycles. The van der Waals surface area contributed by atoms with Crippen molar-refractivity contribution in [2.45, 2.75) is 0 Å². The van der Waals surface area contributed by atoms with Crippen LogP contribution < -0.4 is 9.47 Å². The quantitative estimate of drug-likeness (QED) is 0.508. The molecule has 1 aliphatic heterocycles. The average molecular weight is 236 g/mol. The van der Waals surface area contributed by atoms with Crippen LogP contribution in [0.25, 0.3) is 0 Å².